The van der Waals surface area contributed by atoms with Crippen LogP contribution in [0, 0.1) is 12.7 Å². The smallest absolute Gasteiger partial charge is 0.294 e. The third-order valence-electron chi connectivity index (χ3n) is 2.70. The Morgan fingerprint density at radius 1 is 1.25 bits per heavy atom. The molecule has 0 fully saturated rings. The summed E-state index contributed by atoms with van der Waals surface area (Å²) in [4.78, 5) is 0. The van der Waals surface area contributed by atoms with Gasteiger partial charge >= 0.3 is 0 Å². The first-order valence-electron chi connectivity index (χ1n) is 5.87. The first-order valence-corrected chi connectivity index (χ1v) is 8.18. The van der Waals surface area contributed by atoms with Gasteiger partial charge in [-0.2, -0.15) is 0 Å². The van der Waals surface area contributed by atoms with Gasteiger partial charge in [-0.15, -0.1) is 10.2 Å². The van der Waals surface area contributed by atoms with Crippen molar-refractivity contribution in [3.8, 4) is 11.4 Å². The molecular formula is C12H13ClFN3O2S. The molecule has 0 unspecified atom stereocenters. The van der Waals surface area contributed by atoms with Crippen LogP contribution in [0.15, 0.2) is 23.4 Å². The number of benzene rings is 1. The zero-order valence-electron chi connectivity index (χ0n) is 11.1. The highest BCUT2D eigenvalue weighted by Crippen LogP contribution is 2.27. The molecule has 0 bridgehead atoms. The van der Waals surface area contributed by atoms with Crippen molar-refractivity contribution in [1.29, 1.82) is 0 Å². The Balaban J connectivity index is 2.72. The van der Waals surface area contributed by atoms with Gasteiger partial charge in [-0.25, -0.2) is 12.8 Å². The molecule has 1 aromatic carbocycles. The maximum atomic E-state index is 13.5. The van der Waals surface area contributed by atoms with E-state index in [1.165, 1.54) is 16.7 Å². The standard InChI is InChI=1S/C12H13ClFN3O2S/c1-7(2)17-11(15-16-12(17)20(13,18)19)9-4-8(3)5-10(14)6-9/h4-7H,1-3H3. The van der Waals surface area contributed by atoms with E-state index in [-0.39, 0.29) is 17.0 Å². The van der Waals surface area contributed by atoms with Crippen LogP contribution in [0.25, 0.3) is 11.4 Å². The van der Waals surface area contributed by atoms with E-state index in [1.807, 2.05) is 0 Å². The maximum absolute atomic E-state index is 13.5. The summed E-state index contributed by atoms with van der Waals surface area (Å²) < 4.78 is 37.9. The van der Waals surface area contributed by atoms with E-state index in [4.69, 9.17) is 10.7 Å². The van der Waals surface area contributed by atoms with Crippen LogP contribution < -0.4 is 0 Å². The molecule has 0 radical (unpaired) electrons. The van der Waals surface area contributed by atoms with Gasteiger partial charge in [0.1, 0.15) is 5.82 Å². The number of rotatable bonds is 3. The van der Waals surface area contributed by atoms with Gasteiger partial charge in [0.05, 0.1) is 0 Å². The van der Waals surface area contributed by atoms with Gasteiger partial charge in [-0.05, 0) is 44.5 Å². The van der Waals surface area contributed by atoms with Crippen molar-refractivity contribution in [2.75, 3.05) is 0 Å². The fraction of sp³-hybridized carbons (Fsp3) is 0.333. The molecule has 0 aliphatic rings. The summed E-state index contributed by atoms with van der Waals surface area (Å²) in [6.07, 6.45) is 0. The third-order valence-corrected chi connectivity index (χ3v) is 3.83. The first-order chi connectivity index (χ1) is 9.20. The molecule has 0 atom stereocenters. The number of nitrogens with zero attached hydrogens (tertiary/aromatic N) is 3. The average molecular weight is 318 g/mol. The number of aryl methyl sites for hydroxylation is 1. The van der Waals surface area contributed by atoms with Gasteiger partial charge in [-0.1, -0.05) is 0 Å². The Morgan fingerprint density at radius 2 is 1.90 bits per heavy atom. The second-order valence-corrected chi connectivity index (χ2v) is 7.18. The third kappa shape index (κ3) is 2.83. The molecule has 0 spiro atoms. The Kier molecular flexibility index (Phi) is 3.84. The average Bonchev–Trinajstić information content (AvgIpc) is 2.71. The van der Waals surface area contributed by atoms with Crippen molar-refractivity contribution in [1.82, 2.24) is 14.8 Å². The van der Waals surface area contributed by atoms with Gasteiger partial charge in [0.2, 0.25) is 0 Å². The van der Waals surface area contributed by atoms with E-state index in [0.717, 1.165) is 0 Å². The van der Waals surface area contributed by atoms with Crippen LogP contribution in [-0.2, 0) is 9.05 Å². The fourth-order valence-corrected chi connectivity index (χ4v) is 2.96. The van der Waals surface area contributed by atoms with E-state index in [0.29, 0.717) is 11.1 Å². The Morgan fingerprint density at radius 3 is 2.40 bits per heavy atom. The second-order valence-electron chi connectivity index (χ2n) is 4.73. The minimum absolute atomic E-state index is 0.243. The molecule has 0 aliphatic carbocycles. The predicted octanol–water partition coefficient (Wildman–Crippen LogP) is 2.90. The predicted molar refractivity (Wildman–Crippen MR) is 73.6 cm³/mol. The zero-order valence-corrected chi connectivity index (χ0v) is 12.7. The lowest BCUT2D eigenvalue weighted by Gasteiger charge is -2.12. The summed E-state index contributed by atoms with van der Waals surface area (Å²) in [5.74, 6) is -0.157. The van der Waals surface area contributed by atoms with Crippen LogP contribution in [0.4, 0.5) is 4.39 Å². The quantitative estimate of drug-likeness (QED) is 0.816. The van der Waals surface area contributed by atoms with Crippen molar-refractivity contribution in [2.45, 2.75) is 32.0 Å². The van der Waals surface area contributed by atoms with E-state index in [2.05, 4.69) is 10.2 Å². The van der Waals surface area contributed by atoms with Gasteiger partial charge in [-0.3, -0.25) is 4.57 Å². The summed E-state index contributed by atoms with van der Waals surface area (Å²) >= 11 is 0. The van der Waals surface area contributed by atoms with Crippen molar-refractivity contribution < 1.29 is 12.8 Å². The molecule has 108 valence electrons. The summed E-state index contributed by atoms with van der Waals surface area (Å²) in [5, 5.41) is 7.11. The summed E-state index contributed by atoms with van der Waals surface area (Å²) in [7, 11) is 1.33. The summed E-state index contributed by atoms with van der Waals surface area (Å²) in [5.41, 5.74) is 1.16. The van der Waals surface area contributed by atoms with Crippen LogP contribution in [-0.4, -0.2) is 23.2 Å². The topological polar surface area (TPSA) is 64.8 Å². The molecule has 2 aromatic rings. The highest BCUT2D eigenvalue weighted by Gasteiger charge is 2.25. The minimum Gasteiger partial charge on any atom is -0.294 e. The summed E-state index contributed by atoms with van der Waals surface area (Å²) in [6, 6.07) is 4.11. The second kappa shape index (κ2) is 5.14. The zero-order chi connectivity index (χ0) is 15.1. The van der Waals surface area contributed by atoms with Crippen LogP contribution in [0.5, 0.6) is 0 Å². The van der Waals surface area contributed by atoms with Gasteiger partial charge in [0.15, 0.2) is 5.82 Å². The highest BCUT2D eigenvalue weighted by molar-refractivity contribution is 8.13. The van der Waals surface area contributed by atoms with E-state index in [9.17, 15) is 12.8 Å². The van der Waals surface area contributed by atoms with Crippen molar-refractivity contribution in [3.05, 3.63) is 29.6 Å². The van der Waals surface area contributed by atoms with Gasteiger partial charge in [0.25, 0.3) is 14.2 Å². The largest absolute Gasteiger partial charge is 0.296 e. The molecular weight excluding hydrogens is 305 g/mol. The molecule has 8 heteroatoms. The fourth-order valence-electron chi connectivity index (χ4n) is 1.97. The van der Waals surface area contributed by atoms with Crippen LogP contribution in [0.2, 0.25) is 0 Å². The molecule has 20 heavy (non-hydrogen) atoms. The van der Waals surface area contributed by atoms with Crippen LogP contribution in [0.1, 0.15) is 25.5 Å². The number of aromatic nitrogens is 3. The van der Waals surface area contributed by atoms with Crippen LogP contribution in [0.3, 0.4) is 0 Å². The molecule has 0 N–H and O–H groups in total. The first kappa shape index (κ1) is 14.9. The van der Waals surface area contributed by atoms with Crippen molar-refractivity contribution in [3.63, 3.8) is 0 Å². The lowest BCUT2D eigenvalue weighted by Crippen LogP contribution is -2.10. The van der Waals surface area contributed by atoms with Crippen molar-refractivity contribution >= 4 is 19.7 Å². The molecule has 5 nitrogen and oxygen atoms in total. The molecule has 1 heterocycles. The molecule has 0 aliphatic heterocycles. The Hall–Kier alpha value is -1.47. The highest BCUT2D eigenvalue weighted by atomic mass is 35.7. The monoisotopic (exact) mass is 317 g/mol. The molecule has 0 saturated carbocycles. The maximum Gasteiger partial charge on any atom is 0.296 e. The number of hydrogen-bond donors (Lipinski definition) is 0. The van der Waals surface area contributed by atoms with Crippen molar-refractivity contribution in [2.24, 2.45) is 0 Å². The summed E-state index contributed by atoms with van der Waals surface area (Å²) in [6.45, 7) is 5.27. The minimum atomic E-state index is -4.02. The Labute approximate surface area is 120 Å². The normalized spacial score (nSPS) is 12.1. The lowest BCUT2D eigenvalue weighted by molar-refractivity contribution is 0.530. The number of halogens is 2. The SMILES string of the molecule is Cc1cc(F)cc(-c2nnc(S(=O)(=O)Cl)n2C(C)C)c1. The molecule has 0 amide bonds. The van der Waals surface area contributed by atoms with E-state index < -0.39 is 14.9 Å². The van der Waals surface area contributed by atoms with E-state index in [1.54, 1.807) is 26.8 Å². The Bertz CT molecular complexity index is 736. The van der Waals surface area contributed by atoms with E-state index >= 15 is 0 Å². The molecule has 2 rings (SSSR count). The molecule has 1 aromatic heterocycles. The lowest BCUT2D eigenvalue weighted by atomic mass is 10.1. The van der Waals surface area contributed by atoms with Gasteiger partial charge in [0, 0.05) is 22.3 Å². The number of hydrogen-bond acceptors (Lipinski definition) is 4. The van der Waals surface area contributed by atoms with Crippen LogP contribution >= 0.6 is 10.7 Å². The molecule has 0 saturated heterocycles. The van der Waals surface area contributed by atoms with Gasteiger partial charge < -0.3 is 0 Å².